The van der Waals surface area contributed by atoms with Crippen LogP contribution in [0.1, 0.15) is 25.0 Å². The minimum Gasteiger partial charge on any atom is -0.374 e. The SMILES string of the molecule is CC(Nc1ccc(N2CCN(Cc3ccccc3)CC2)cc1)C(=O)N1c2ccccc2CC1C. The molecular weight excluding hydrogens is 420 g/mol. The number of benzene rings is 3. The highest BCUT2D eigenvalue weighted by molar-refractivity contribution is 6.00. The molecule has 0 aliphatic carbocycles. The monoisotopic (exact) mass is 454 g/mol. The molecule has 0 aromatic heterocycles. The second-order valence-electron chi connectivity index (χ2n) is 9.55. The van der Waals surface area contributed by atoms with E-state index in [1.807, 2.05) is 24.0 Å². The molecule has 1 N–H and O–H groups in total. The van der Waals surface area contributed by atoms with E-state index in [0.29, 0.717) is 0 Å². The Morgan fingerprint density at radius 1 is 0.912 bits per heavy atom. The zero-order valence-corrected chi connectivity index (χ0v) is 20.2. The fourth-order valence-corrected chi connectivity index (χ4v) is 5.20. The lowest BCUT2D eigenvalue weighted by Gasteiger charge is -2.36. The average molecular weight is 455 g/mol. The number of nitrogens with zero attached hydrogens (tertiary/aromatic N) is 3. The minimum absolute atomic E-state index is 0.121. The summed E-state index contributed by atoms with van der Waals surface area (Å²) in [5.41, 5.74) is 5.90. The van der Waals surface area contributed by atoms with Gasteiger partial charge in [0.15, 0.2) is 0 Å². The summed E-state index contributed by atoms with van der Waals surface area (Å²) in [7, 11) is 0. The van der Waals surface area contributed by atoms with Crippen LogP contribution in [0.5, 0.6) is 0 Å². The predicted octanol–water partition coefficient (Wildman–Crippen LogP) is 4.79. The number of carbonyl (C=O) groups excluding carboxylic acids is 1. The molecule has 0 saturated carbocycles. The summed E-state index contributed by atoms with van der Waals surface area (Å²) in [6, 6.07) is 27.4. The smallest absolute Gasteiger partial charge is 0.249 e. The number of carbonyl (C=O) groups is 1. The maximum atomic E-state index is 13.2. The van der Waals surface area contributed by atoms with E-state index < -0.39 is 0 Å². The second-order valence-corrected chi connectivity index (χ2v) is 9.55. The number of fused-ring (bicyclic) bond motifs is 1. The fourth-order valence-electron chi connectivity index (χ4n) is 5.20. The van der Waals surface area contributed by atoms with Gasteiger partial charge >= 0.3 is 0 Å². The summed E-state index contributed by atoms with van der Waals surface area (Å²) in [6.07, 6.45) is 0.919. The summed E-state index contributed by atoms with van der Waals surface area (Å²) < 4.78 is 0. The topological polar surface area (TPSA) is 38.8 Å². The zero-order valence-electron chi connectivity index (χ0n) is 20.2. The number of rotatable bonds is 6. The van der Waals surface area contributed by atoms with Crippen LogP contribution in [-0.4, -0.2) is 49.1 Å². The van der Waals surface area contributed by atoms with E-state index in [-0.39, 0.29) is 18.0 Å². The first kappa shape index (κ1) is 22.5. The van der Waals surface area contributed by atoms with E-state index in [1.165, 1.54) is 16.8 Å². The van der Waals surface area contributed by atoms with Crippen LogP contribution in [0, 0.1) is 0 Å². The van der Waals surface area contributed by atoms with Crippen molar-refractivity contribution >= 4 is 23.0 Å². The Morgan fingerprint density at radius 3 is 2.32 bits per heavy atom. The molecule has 1 amide bonds. The largest absolute Gasteiger partial charge is 0.374 e. The first-order chi connectivity index (χ1) is 16.6. The number of para-hydroxylation sites is 1. The van der Waals surface area contributed by atoms with Crippen molar-refractivity contribution in [3.8, 4) is 0 Å². The molecule has 0 spiro atoms. The van der Waals surface area contributed by atoms with E-state index in [0.717, 1.165) is 50.5 Å². The van der Waals surface area contributed by atoms with Gasteiger partial charge in [-0.05, 0) is 61.7 Å². The van der Waals surface area contributed by atoms with Gasteiger partial charge in [0, 0.05) is 55.8 Å². The Hall–Kier alpha value is -3.31. The van der Waals surface area contributed by atoms with Crippen molar-refractivity contribution in [3.05, 3.63) is 90.0 Å². The molecule has 5 nitrogen and oxygen atoms in total. The lowest BCUT2D eigenvalue weighted by Crippen LogP contribution is -2.46. The molecule has 0 bridgehead atoms. The Labute approximate surface area is 203 Å². The van der Waals surface area contributed by atoms with Crippen molar-refractivity contribution in [2.24, 2.45) is 0 Å². The molecule has 2 heterocycles. The van der Waals surface area contributed by atoms with Crippen LogP contribution in [0.2, 0.25) is 0 Å². The number of anilines is 3. The molecular formula is C29H34N4O. The molecule has 2 aliphatic heterocycles. The van der Waals surface area contributed by atoms with Gasteiger partial charge in [0.2, 0.25) is 5.91 Å². The summed E-state index contributed by atoms with van der Waals surface area (Å²) in [5, 5.41) is 3.42. The predicted molar refractivity (Wildman–Crippen MR) is 141 cm³/mol. The van der Waals surface area contributed by atoms with Gasteiger partial charge in [0.1, 0.15) is 6.04 Å². The molecule has 2 aliphatic rings. The Bertz CT molecular complexity index is 1110. The quantitative estimate of drug-likeness (QED) is 0.581. The van der Waals surface area contributed by atoms with Crippen LogP contribution in [-0.2, 0) is 17.8 Å². The molecule has 5 heteroatoms. The van der Waals surface area contributed by atoms with E-state index >= 15 is 0 Å². The van der Waals surface area contributed by atoms with Crippen molar-refractivity contribution in [1.82, 2.24) is 4.90 Å². The minimum atomic E-state index is -0.291. The van der Waals surface area contributed by atoms with Gasteiger partial charge in [-0.25, -0.2) is 0 Å². The van der Waals surface area contributed by atoms with E-state index in [9.17, 15) is 4.79 Å². The number of piperazine rings is 1. The first-order valence-corrected chi connectivity index (χ1v) is 12.4. The molecule has 2 atom stereocenters. The van der Waals surface area contributed by atoms with Gasteiger partial charge in [-0.15, -0.1) is 0 Å². The fraction of sp³-hybridized carbons (Fsp3) is 0.345. The van der Waals surface area contributed by atoms with Crippen molar-refractivity contribution in [2.75, 3.05) is 41.3 Å². The van der Waals surface area contributed by atoms with Gasteiger partial charge in [-0.3, -0.25) is 9.69 Å². The van der Waals surface area contributed by atoms with Crippen LogP contribution in [0.15, 0.2) is 78.9 Å². The maximum absolute atomic E-state index is 13.2. The van der Waals surface area contributed by atoms with Crippen molar-refractivity contribution in [3.63, 3.8) is 0 Å². The van der Waals surface area contributed by atoms with Crippen LogP contribution >= 0.6 is 0 Å². The molecule has 1 saturated heterocycles. The lowest BCUT2D eigenvalue weighted by atomic mass is 10.1. The maximum Gasteiger partial charge on any atom is 0.249 e. The van der Waals surface area contributed by atoms with Gasteiger partial charge in [-0.1, -0.05) is 48.5 Å². The number of nitrogens with one attached hydrogen (secondary N) is 1. The first-order valence-electron chi connectivity index (χ1n) is 12.4. The van der Waals surface area contributed by atoms with Crippen molar-refractivity contribution in [2.45, 2.75) is 38.9 Å². The third kappa shape index (κ3) is 4.80. The van der Waals surface area contributed by atoms with Gasteiger partial charge in [0.05, 0.1) is 0 Å². The highest BCUT2D eigenvalue weighted by atomic mass is 16.2. The van der Waals surface area contributed by atoms with Crippen LogP contribution in [0.3, 0.4) is 0 Å². The van der Waals surface area contributed by atoms with E-state index in [2.05, 4.69) is 88.8 Å². The molecule has 3 aromatic rings. The Morgan fingerprint density at radius 2 is 1.59 bits per heavy atom. The highest BCUT2D eigenvalue weighted by Gasteiger charge is 2.33. The highest BCUT2D eigenvalue weighted by Crippen LogP contribution is 2.32. The van der Waals surface area contributed by atoms with Gasteiger partial charge < -0.3 is 15.1 Å². The Balaban J connectivity index is 1.15. The van der Waals surface area contributed by atoms with E-state index in [4.69, 9.17) is 0 Å². The van der Waals surface area contributed by atoms with Gasteiger partial charge in [-0.2, -0.15) is 0 Å². The van der Waals surface area contributed by atoms with Crippen LogP contribution < -0.4 is 15.1 Å². The molecule has 5 rings (SSSR count). The number of hydrogen-bond acceptors (Lipinski definition) is 4. The molecule has 0 radical (unpaired) electrons. The summed E-state index contributed by atoms with van der Waals surface area (Å²) in [5.74, 6) is 0.121. The van der Waals surface area contributed by atoms with Crippen molar-refractivity contribution < 1.29 is 4.79 Å². The van der Waals surface area contributed by atoms with Crippen molar-refractivity contribution in [1.29, 1.82) is 0 Å². The number of amides is 1. The molecule has 34 heavy (non-hydrogen) atoms. The second kappa shape index (κ2) is 9.90. The zero-order chi connectivity index (χ0) is 23.5. The summed E-state index contributed by atoms with van der Waals surface area (Å²) in [6.45, 7) is 9.28. The molecule has 2 unspecified atom stereocenters. The van der Waals surface area contributed by atoms with Crippen LogP contribution in [0.4, 0.5) is 17.1 Å². The third-order valence-corrected chi connectivity index (χ3v) is 7.05. The average Bonchev–Trinajstić information content (AvgIpc) is 3.21. The molecule has 3 aromatic carbocycles. The van der Waals surface area contributed by atoms with Crippen LogP contribution in [0.25, 0.3) is 0 Å². The summed E-state index contributed by atoms with van der Waals surface area (Å²) in [4.78, 5) is 20.2. The number of hydrogen-bond donors (Lipinski definition) is 1. The molecule has 1 fully saturated rings. The van der Waals surface area contributed by atoms with E-state index in [1.54, 1.807) is 0 Å². The third-order valence-electron chi connectivity index (χ3n) is 7.05. The Kier molecular flexibility index (Phi) is 6.54. The lowest BCUT2D eigenvalue weighted by molar-refractivity contribution is -0.119. The normalized spacial score (nSPS) is 19.1. The van der Waals surface area contributed by atoms with Gasteiger partial charge in [0.25, 0.3) is 0 Å². The summed E-state index contributed by atoms with van der Waals surface area (Å²) >= 11 is 0. The standard InChI is InChI=1S/C29H34N4O/c1-22-20-25-10-6-7-11-28(25)33(22)29(34)23(2)30-26-12-14-27(15-13-26)32-18-16-31(17-19-32)21-24-8-4-3-5-9-24/h3-15,22-23,30H,16-21H2,1-2H3. The molecule has 176 valence electrons.